The number of esters is 1. The average Bonchev–Trinajstić information content (AvgIpc) is 2.66. The van der Waals surface area contributed by atoms with Gasteiger partial charge in [-0.15, -0.1) is 0 Å². The molecule has 0 amide bonds. The lowest BCUT2D eigenvalue weighted by Gasteiger charge is -2.43. The maximum Gasteiger partial charge on any atom is 0.309 e. The molecule has 1 atom stereocenters. The van der Waals surface area contributed by atoms with Crippen LogP contribution in [0.3, 0.4) is 0 Å². The molecule has 0 aliphatic heterocycles. The van der Waals surface area contributed by atoms with Gasteiger partial charge in [-0.3, -0.25) is 4.79 Å². The highest BCUT2D eigenvalue weighted by Crippen LogP contribution is 2.43. The lowest BCUT2D eigenvalue weighted by Crippen LogP contribution is -2.48. The van der Waals surface area contributed by atoms with Gasteiger partial charge in [0, 0.05) is 5.56 Å². The van der Waals surface area contributed by atoms with Crippen molar-refractivity contribution in [1.82, 2.24) is 0 Å². The normalized spacial score (nSPS) is 13.7. The van der Waals surface area contributed by atoms with Crippen LogP contribution >= 0.6 is 0 Å². The molecular weight excluding hydrogens is 376 g/mol. The van der Waals surface area contributed by atoms with Crippen LogP contribution in [0, 0.1) is 5.92 Å². The third-order valence-electron chi connectivity index (χ3n) is 6.09. The molecule has 0 saturated carbocycles. The van der Waals surface area contributed by atoms with E-state index in [0.29, 0.717) is 23.2 Å². The molecule has 0 aliphatic rings. The van der Waals surface area contributed by atoms with Gasteiger partial charge in [0.2, 0.25) is 8.32 Å². The van der Waals surface area contributed by atoms with Crippen molar-refractivity contribution in [3.63, 3.8) is 0 Å². The lowest BCUT2D eigenvalue weighted by atomic mass is 10.0. The van der Waals surface area contributed by atoms with Crippen LogP contribution in [0.4, 0.5) is 0 Å². The summed E-state index contributed by atoms with van der Waals surface area (Å²) in [7, 11) is -2.06. The van der Waals surface area contributed by atoms with Gasteiger partial charge in [0.1, 0.15) is 6.10 Å². The molecule has 0 spiro atoms. The zero-order valence-electron chi connectivity index (χ0n) is 19.4. The maximum atomic E-state index is 12.5. The summed E-state index contributed by atoms with van der Waals surface area (Å²) >= 11 is 0. The SMILES string of the molecule is CC(C)C(=O)OC(CO[Si](C(C)C)(C(C)C)C(C)C)c1cccc2ccccc12. The van der Waals surface area contributed by atoms with E-state index in [-0.39, 0.29) is 11.9 Å². The molecule has 0 saturated heterocycles. The molecule has 0 heterocycles. The largest absolute Gasteiger partial charge is 0.455 e. The van der Waals surface area contributed by atoms with Gasteiger partial charge in [0.15, 0.2) is 0 Å². The Hall–Kier alpha value is -1.65. The summed E-state index contributed by atoms with van der Waals surface area (Å²) in [5.41, 5.74) is 2.47. The average molecular weight is 415 g/mol. The van der Waals surface area contributed by atoms with Crippen LogP contribution < -0.4 is 0 Å². The zero-order valence-corrected chi connectivity index (χ0v) is 20.4. The minimum absolute atomic E-state index is 0.172. The number of carbonyl (C=O) groups is 1. The fourth-order valence-corrected chi connectivity index (χ4v) is 10.2. The molecule has 2 rings (SSSR count). The molecule has 0 radical (unpaired) electrons. The fourth-order valence-electron chi connectivity index (χ4n) is 4.71. The van der Waals surface area contributed by atoms with Crippen molar-refractivity contribution in [2.45, 2.75) is 78.1 Å². The summed E-state index contributed by atoms with van der Waals surface area (Å²) in [6.45, 7) is 17.8. The van der Waals surface area contributed by atoms with Crippen LogP contribution in [0.15, 0.2) is 42.5 Å². The minimum atomic E-state index is -2.06. The molecule has 29 heavy (non-hydrogen) atoms. The standard InChI is InChI=1S/C25H38O3Si/c1-17(2)25(26)28-24(16-27-29(18(3)4,19(5)6)20(7)8)23-15-11-13-21-12-9-10-14-22(21)23/h9-15,17-20,24H,16H2,1-8H3. The number of benzene rings is 2. The van der Waals surface area contributed by atoms with Crippen LogP contribution in [0.5, 0.6) is 0 Å². The summed E-state index contributed by atoms with van der Waals surface area (Å²) in [6, 6.07) is 14.4. The second-order valence-electron chi connectivity index (χ2n) is 9.28. The predicted octanol–water partition coefficient (Wildman–Crippen LogP) is 7.27. The first kappa shape index (κ1) is 23.6. The van der Waals surface area contributed by atoms with Gasteiger partial charge in [0.05, 0.1) is 12.5 Å². The van der Waals surface area contributed by atoms with Gasteiger partial charge in [-0.05, 0) is 27.4 Å². The number of hydrogen-bond acceptors (Lipinski definition) is 3. The van der Waals surface area contributed by atoms with E-state index >= 15 is 0 Å². The fraction of sp³-hybridized carbons (Fsp3) is 0.560. The van der Waals surface area contributed by atoms with Crippen molar-refractivity contribution in [2.24, 2.45) is 5.92 Å². The van der Waals surface area contributed by atoms with Crippen LogP contribution in [-0.2, 0) is 14.0 Å². The van der Waals surface area contributed by atoms with Gasteiger partial charge in [-0.25, -0.2) is 0 Å². The Bertz CT molecular complexity index is 784. The summed E-state index contributed by atoms with van der Waals surface area (Å²) in [5, 5.41) is 2.27. The Kier molecular flexibility index (Phi) is 8.07. The van der Waals surface area contributed by atoms with Crippen LogP contribution in [0.2, 0.25) is 16.6 Å². The Morgan fingerprint density at radius 1 is 0.828 bits per heavy atom. The van der Waals surface area contributed by atoms with E-state index in [4.69, 9.17) is 9.16 Å². The number of ether oxygens (including phenoxy) is 1. The molecule has 2 aromatic carbocycles. The number of fused-ring (bicyclic) bond motifs is 1. The van der Waals surface area contributed by atoms with Crippen molar-refractivity contribution >= 4 is 25.1 Å². The van der Waals surface area contributed by atoms with E-state index in [1.807, 2.05) is 32.0 Å². The topological polar surface area (TPSA) is 35.5 Å². The van der Waals surface area contributed by atoms with E-state index < -0.39 is 14.4 Å². The Morgan fingerprint density at radius 2 is 1.38 bits per heavy atom. The highest BCUT2D eigenvalue weighted by atomic mass is 28.4. The molecule has 2 aromatic rings. The molecule has 160 valence electrons. The molecular formula is C25H38O3Si. The molecule has 3 nitrogen and oxygen atoms in total. The molecule has 0 aliphatic carbocycles. The summed E-state index contributed by atoms with van der Waals surface area (Å²) in [6.07, 6.45) is -0.404. The van der Waals surface area contributed by atoms with Gasteiger partial charge in [-0.2, -0.15) is 0 Å². The highest BCUT2D eigenvalue weighted by molar-refractivity contribution is 6.77. The van der Waals surface area contributed by atoms with Crippen LogP contribution in [-0.4, -0.2) is 20.9 Å². The highest BCUT2D eigenvalue weighted by Gasteiger charge is 2.45. The zero-order chi connectivity index (χ0) is 21.8. The smallest absolute Gasteiger partial charge is 0.309 e. The van der Waals surface area contributed by atoms with E-state index in [0.717, 1.165) is 16.3 Å². The predicted molar refractivity (Wildman–Crippen MR) is 125 cm³/mol. The molecule has 4 heteroatoms. The summed E-state index contributed by atoms with van der Waals surface area (Å²) in [5.74, 6) is -0.354. The van der Waals surface area contributed by atoms with Gasteiger partial charge >= 0.3 is 5.97 Å². The summed E-state index contributed by atoms with van der Waals surface area (Å²) < 4.78 is 12.8. The third-order valence-corrected chi connectivity index (χ3v) is 12.2. The van der Waals surface area contributed by atoms with Gasteiger partial charge in [0.25, 0.3) is 0 Å². The first-order valence-electron chi connectivity index (χ1n) is 10.9. The Balaban J connectivity index is 2.44. The molecule has 0 fully saturated rings. The minimum Gasteiger partial charge on any atom is -0.455 e. The molecule has 0 aromatic heterocycles. The van der Waals surface area contributed by atoms with Crippen molar-refractivity contribution in [3.05, 3.63) is 48.0 Å². The second-order valence-corrected chi connectivity index (χ2v) is 14.7. The Morgan fingerprint density at radius 3 is 1.93 bits per heavy atom. The number of rotatable bonds is 9. The monoisotopic (exact) mass is 414 g/mol. The van der Waals surface area contributed by atoms with Crippen molar-refractivity contribution < 1.29 is 14.0 Å². The van der Waals surface area contributed by atoms with Crippen molar-refractivity contribution in [3.8, 4) is 0 Å². The summed E-state index contributed by atoms with van der Waals surface area (Å²) in [4.78, 5) is 12.5. The van der Waals surface area contributed by atoms with Crippen LogP contribution in [0.25, 0.3) is 10.8 Å². The van der Waals surface area contributed by atoms with E-state index in [1.54, 1.807) is 0 Å². The van der Waals surface area contributed by atoms with E-state index in [1.165, 1.54) is 0 Å². The second kappa shape index (κ2) is 9.90. The first-order valence-corrected chi connectivity index (χ1v) is 13.1. The third kappa shape index (κ3) is 5.10. The van der Waals surface area contributed by atoms with Crippen LogP contribution in [0.1, 0.15) is 67.1 Å². The van der Waals surface area contributed by atoms with Crippen molar-refractivity contribution in [1.29, 1.82) is 0 Å². The molecule has 0 bridgehead atoms. The molecule has 0 N–H and O–H groups in total. The van der Waals surface area contributed by atoms with E-state index in [9.17, 15) is 4.79 Å². The lowest BCUT2D eigenvalue weighted by molar-refractivity contribution is -0.155. The first-order chi connectivity index (χ1) is 13.6. The number of hydrogen-bond donors (Lipinski definition) is 0. The van der Waals surface area contributed by atoms with Gasteiger partial charge < -0.3 is 9.16 Å². The Labute approximate surface area is 177 Å². The van der Waals surface area contributed by atoms with E-state index in [2.05, 4.69) is 65.8 Å². The maximum absolute atomic E-state index is 12.5. The molecule has 1 unspecified atom stereocenters. The number of carbonyl (C=O) groups excluding carboxylic acids is 1. The quantitative estimate of drug-likeness (QED) is 0.319. The van der Waals surface area contributed by atoms with Gasteiger partial charge in [-0.1, -0.05) is 97.9 Å². The van der Waals surface area contributed by atoms with Crippen molar-refractivity contribution in [2.75, 3.05) is 6.61 Å².